The fourth-order valence-corrected chi connectivity index (χ4v) is 6.31. The number of para-hydroxylation sites is 4. The second kappa shape index (κ2) is 9.79. The minimum Gasteiger partial charge on any atom is -0.455 e. The molecule has 0 radical (unpaired) electrons. The van der Waals surface area contributed by atoms with Gasteiger partial charge in [0.05, 0.1) is 5.69 Å². The molecular formula is C40H24N2O2. The molecule has 0 aliphatic heterocycles. The van der Waals surface area contributed by atoms with Crippen molar-refractivity contribution in [1.82, 2.24) is 9.97 Å². The van der Waals surface area contributed by atoms with Crippen LogP contribution in [0, 0.1) is 0 Å². The minimum atomic E-state index is 0.708. The van der Waals surface area contributed by atoms with Crippen LogP contribution in [0.25, 0.3) is 88.8 Å². The van der Waals surface area contributed by atoms with Gasteiger partial charge in [0, 0.05) is 55.6 Å². The molecule has 0 atom stereocenters. The Morgan fingerprint density at radius 1 is 0.409 bits per heavy atom. The van der Waals surface area contributed by atoms with Crippen molar-refractivity contribution in [2.75, 3.05) is 0 Å². The second-order valence-corrected chi connectivity index (χ2v) is 11.0. The Morgan fingerprint density at radius 2 is 0.977 bits per heavy atom. The number of aromatic nitrogens is 2. The predicted molar refractivity (Wildman–Crippen MR) is 178 cm³/mol. The van der Waals surface area contributed by atoms with E-state index in [9.17, 15) is 0 Å². The van der Waals surface area contributed by atoms with Crippen LogP contribution in [-0.4, -0.2) is 9.97 Å². The Bertz CT molecular complexity index is 2510. The highest BCUT2D eigenvalue weighted by Gasteiger charge is 2.19. The molecule has 3 aromatic heterocycles. The molecule has 0 bridgehead atoms. The van der Waals surface area contributed by atoms with Crippen molar-refractivity contribution in [2.24, 2.45) is 0 Å². The van der Waals surface area contributed by atoms with Crippen molar-refractivity contribution in [2.45, 2.75) is 0 Å². The highest BCUT2D eigenvalue weighted by molar-refractivity contribution is 6.16. The number of benzene rings is 6. The van der Waals surface area contributed by atoms with Crippen LogP contribution in [-0.2, 0) is 0 Å². The molecule has 6 aromatic carbocycles. The molecule has 0 saturated carbocycles. The van der Waals surface area contributed by atoms with E-state index in [1.54, 1.807) is 0 Å². The van der Waals surface area contributed by atoms with Crippen LogP contribution in [0.1, 0.15) is 0 Å². The van der Waals surface area contributed by atoms with E-state index in [0.717, 1.165) is 83.0 Å². The van der Waals surface area contributed by atoms with Gasteiger partial charge < -0.3 is 8.83 Å². The summed E-state index contributed by atoms with van der Waals surface area (Å²) >= 11 is 0. The Kier molecular flexibility index (Phi) is 5.47. The Hall–Kier alpha value is -6.00. The van der Waals surface area contributed by atoms with Gasteiger partial charge in [-0.3, -0.25) is 0 Å². The zero-order valence-corrected chi connectivity index (χ0v) is 23.6. The maximum atomic E-state index is 6.80. The molecule has 0 fully saturated rings. The first-order chi connectivity index (χ1) is 21.8. The van der Waals surface area contributed by atoms with Crippen LogP contribution in [0.5, 0.6) is 0 Å². The molecule has 0 saturated heterocycles. The fraction of sp³-hybridized carbons (Fsp3) is 0. The van der Waals surface area contributed by atoms with E-state index in [-0.39, 0.29) is 0 Å². The van der Waals surface area contributed by atoms with E-state index in [1.807, 2.05) is 60.8 Å². The normalized spacial score (nSPS) is 11.6. The molecule has 44 heavy (non-hydrogen) atoms. The van der Waals surface area contributed by atoms with Crippen molar-refractivity contribution in [3.8, 4) is 44.9 Å². The molecule has 0 aliphatic rings. The van der Waals surface area contributed by atoms with Crippen LogP contribution in [0.4, 0.5) is 0 Å². The number of hydrogen-bond donors (Lipinski definition) is 0. The topological polar surface area (TPSA) is 52.1 Å². The molecule has 0 amide bonds. The summed E-state index contributed by atoms with van der Waals surface area (Å²) < 4.78 is 13.2. The largest absolute Gasteiger partial charge is 0.455 e. The van der Waals surface area contributed by atoms with Gasteiger partial charge in [-0.1, -0.05) is 121 Å². The van der Waals surface area contributed by atoms with Crippen molar-refractivity contribution in [3.05, 3.63) is 146 Å². The van der Waals surface area contributed by atoms with Gasteiger partial charge in [0.15, 0.2) is 5.82 Å². The Morgan fingerprint density at radius 3 is 1.77 bits per heavy atom. The summed E-state index contributed by atoms with van der Waals surface area (Å²) in [5.74, 6) is 0.708. The van der Waals surface area contributed by atoms with E-state index < -0.39 is 0 Å². The van der Waals surface area contributed by atoms with E-state index in [4.69, 9.17) is 13.8 Å². The lowest BCUT2D eigenvalue weighted by molar-refractivity contribution is 0.665. The molecule has 9 rings (SSSR count). The quantitative estimate of drug-likeness (QED) is 0.213. The zero-order valence-electron chi connectivity index (χ0n) is 23.6. The Balaban J connectivity index is 1.20. The lowest BCUT2D eigenvalue weighted by atomic mass is 9.98. The first-order valence-corrected chi connectivity index (χ1v) is 14.7. The Labute approximate surface area is 252 Å². The minimum absolute atomic E-state index is 0.708. The smallest absolute Gasteiger partial charge is 0.159 e. The first kappa shape index (κ1) is 24.6. The van der Waals surface area contributed by atoms with Crippen LogP contribution < -0.4 is 0 Å². The van der Waals surface area contributed by atoms with Gasteiger partial charge in [-0.2, -0.15) is 0 Å². The van der Waals surface area contributed by atoms with E-state index >= 15 is 0 Å². The number of hydrogen-bond acceptors (Lipinski definition) is 4. The summed E-state index contributed by atoms with van der Waals surface area (Å²) in [4.78, 5) is 9.40. The summed E-state index contributed by atoms with van der Waals surface area (Å²) in [7, 11) is 0. The second-order valence-electron chi connectivity index (χ2n) is 11.0. The zero-order chi connectivity index (χ0) is 29.0. The van der Waals surface area contributed by atoms with Gasteiger partial charge in [0.25, 0.3) is 0 Å². The molecule has 206 valence electrons. The maximum Gasteiger partial charge on any atom is 0.159 e. The highest BCUT2D eigenvalue weighted by atomic mass is 16.3. The molecule has 4 heteroatoms. The molecule has 4 nitrogen and oxygen atoms in total. The molecule has 0 unspecified atom stereocenters. The number of rotatable bonds is 4. The highest BCUT2D eigenvalue weighted by Crippen LogP contribution is 2.43. The van der Waals surface area contributed by atoms with Crippen LogP contribution in [0.3, 0.4) is 0 Å². The van der Waals surface area contributed by atoms with E-state index in [0.29, 0.717) is 5.82 Å². The van der Waals surface area contributed by atoms with Crippen molar-refractivity contribution >= 4 is 43.9 Å². The van der Waals surface area contributed by atoms with Gasteiger partial charge in [-0.25, -0.2) is 9.97 Å². The van der Waals surface area contributed by atoms with Gasteiger partial charge in [0.2, 0.25) is 0 Å². The fourth-order valence-electron chi connectivity index (χ4n) is 6.31. The molecule has 9 aromatic rings. The third kappa shape index (κ3) is 3.85. The summed E-state index contributed by atoms with van der Waals surface area (Å²) in [6, 6.07) is 47.7. The van der Waals surface area contributed by atoms with Crippen molar-refractivity contribution in [3.63, 3.8) is 0 Å². The first-order valence-electron chi connectivity index (χ1n) is 14.7. The standard InChI is InChI=1S/C40H24N2O2/c1-2-10-25(11-3-1)40-41-23-22-35(42-40)27-13-6-12-26(24-27)28-15-7-17-31-33-19-9-20-34(39(33)44-37(28)31)32-18-8-16-30-29-14-4-5-21-36(29)43-38(30)32/h1-24H. The molecule has 3 heterocycles. The van der Waals surface area contributed by atoms with Gasteiger partial charge >= 0.3 is 0 Å². The van der Waals surface area contributed by atoms with Gasteiger partial charge in [0.1, 0.15) is 22.3 Å². The number of furan rings is 2. The SMILES string of the molecule is c1ccc(-c2nccc(-c3cccc(-c4cccc5c4oc4c(-c6cccc7c6oc6ccccc67)cccc45)c3)n2)cc1. The lowest BCUT2D eigenvalue weighted by Gasteiger charge is -2.08. The average Bonchev–Trinajstić information content (AvgIpc) is 3.68. The molecule has 0 N–H and O–H groups in total. The monoisotopic (exact) mass is 564 g/mol. The molecular weight excluding hydrogens is 540 g/mol. The summed E-state index contributed by atoms with van der Waals surface area (Å²) in [6.07, 6.45) is 1.82. The van der Waals surface area contributed by atoms with Crippen molar-refractivity contribution < 1.29 is 8.83 Å². The van der Waals surface area contributed by atoms with Crippen LogP contribution in [0.15, 0.2) is 155 Å². The lowest BCUT2D eigenvalue weighted by Crippen LogP contribution is -1.91. The van der Waals surface area contributed by atoms with Crippen LogP contribution >= 0.6 is 0 Å². The van der Waals surface area contributed by atoms with Crippen LogP contribution in [0.2, 0.25) is 0 Å². The summed E-state index contributed by atoms with van der Waals surface area (Å²) in [5, 5.41) is 4.37. The van der Waals surface area contributed by atoms with Gasteiger partial charge in [-0.15, -0.1) is 0 Å². The maximum absolute atomic E-state index is 6.80. The number of nitrogens with zero attached hydrogens (tertiary/aromatic N) is 2. The summed E-state index contributed by atoms with van der Waals surface area (Å²) in [6.45, 7) is 0. The number of fused-ring (bicyclic) bond motifs is 6. The third-order valence-electron chi connectivity index (χ3n) is 8.38. The van der Waals surface area contributed by atoms with Gasteiger partial charge in [-0.05, 0) is 23.8 Å². The average molecular weight is 565 g/mol. The van der Waals surface area contributed by atoms with Crippen molar-refractivity contribution in [1.29, 1.82) is 0 Å². The molecule has 0 aliphatic carbocycles. The third-order valence-corrected chi connectivity index (χ3v) is 8.38. The summed E-state index contributed by atoms with van der Waals surface area (Å²) in [5.41, 5.74) is 10.5. The van der Waals surface area contributed by atoms with E-state index in [2.05, 4.69) is 89.9 Å². The molecule has 0 spiro atoms. The van der Waals surface area contributed by atoms with E-state index in [1.165, 1.54) is 0 Å². The predicted octanol–water partition coefficient (Wildman–Crippen LogP) is 10.9.